The monoisotopic (exact) mass is 296 g/mol. The Kier molecular flexibility index (Phi) is 5.78. The molecular formula is C19H20O3. The maximum Gasteiger partial charge on any atom is 0.331 e. The van der Waals surface area contributed by atoms with Crippen molar-refractivity contribution < 1.29 is 14.3 Å². The van der Waals surface area contributed by atoms with Crippen LogP contribution in [-0.4, -0.2) is 12.1 Å². The molecule has 2 bridgehead atoms. The van der Waals surface area contributed by atoms with Crippen molar-refractivity contribution in [3.05, 3.63) is 71.8 Å². The molecule has 2 heterocycles. The van der Waals surface area contributed by atoms with Crippen molar-refractivity contribution in [2.24, 2.45) is 0 Å². The van der Waals surface area contributed by atoms with Crippen LogP contribution in [0.3, 0.4) is 0 Å². The van der Waals surface area contributed by atoms with Crippen molar-refractivity contribution in [2.75, 3.05) is 0 Å². The lowest BCUT2D eigenvalue weighted by Crippen LogP contribution is -2.08. The first-order chi connectivity index (χ1) is 10.6. The minimum atomic E-state index is -0.302. The summed E-state index contributed by atoms with van der Waals surface area (Å²) in [5.74, 6) is 0.684. The van der Waals surface area contributed by atoms with Gasteiger partial charge in [-0.05, 0) is 43.2 Å². The number of carbonyl (C=O) groups excluding carboxylic acids is 1. The van der Waals surface area contributed by atoms with Crippen LogP contribution in [0.1, 0.15) is 25.0 Å². The molecule has 3 nitrogen and oxygen atoms in total. The Morgan fingerprint density at radius 2 is 1.77 bits per heavy atom. The second kappa shape index (κ2) is 8.03. The summed E-state index contributed by atoms with van der Waals surface area (Å²) in [6, 6.07) is 17.8. The molecule has 0 saturated carbocycles. The summed E-state index contributed by atoms with van der Waals surface area (Å²) in [6.07, 6.45) is 3.11. The smallest absolute Gasteiger partial charge is 0.331 e. The third-order valence-electron chi connectivity index (χ3n) is 2.89. The van der Waals surface area contributed by atoms with E-state index >= 15 is 0 Å². The standard InChI is InChI=1S/C12H14O2.C7H6O/c1-10(2)14-12(13)9-8-11-6-4-3-5-7-11;1-3-7-4-2-6(1)5-8-7/h3-10H,1-2H3;1-4H,5H2. The molecule has 2 aliphatic heterocycles. The van der Waals surface area contributed by atoms with Crippen LogP contribution >= 0.6 is 0 Å². The number of esters is 1. The number of hydrogen-bond donors (Lipinski definition) is 0. The number of rotatable bonds is 3. The van der Waals surface area contributed by atoms with E-state index in [-0.39, 0.29) is 12.1 Å². The average molecular weight is 296 g/mol. The summed E-state index contributed by atoms with van der Waals surface area (Å²) < 4.78 is 10.1. The Hall–Kier alpha value is -2.55. The van der Waals surface area contributed by atoms with Crippen molar-refractivity contribution in [2.45, 2.75) is 26.6 Å². The SMILES string of the molecule is CC(C)OC(=O)C=Cc1ccccc1.c1cc2ccc1CO2. The zero-order valence-electron chi connectivity index (χ0n) is 12.9. The highest BCUT2D eigenvalue weighted by atomic mass is 16.5. The third kappa shape index (κ3) is 5.44. The zero-order chi connectivity index (χ0) is 15.8. The molecule has 0 unspecified atom stereocenters. The van der Waals surface area contributed by atoms with E-state index in [1.54, 1.807) is 6.08 Å². The van der Waals surface area contributed by atoms with E-state index in [1.807, 2.05) is 56.3 Å². The normalized spacial score (nSPS) is 11.8. The summed E-state index contributed by atoms with van der Waals surface area (Å²) in [6.45, 7) is 4.42. The van der Waals surface area contributed by atoms with E-state index in [0.717, 1.165) is 17.9 Å². The molecule has 4 rings (SSSR count). The molecule has 0 N–H and O–H groups in total. The molecule has 0 spiro atoms. The zero-order valence-corrected chi connectivity index (χ0v) is 12.9. The number of carbonyl (C=O) groups is 1. The Morgan fingerprint density at radius 3 is 2.18 bits per heavy atom. The summed E-state index contributed by atoms with van der Waals surface area (Å²) >= 11 is 0. The molecule has 0 fully saturated rings. The van der Waals surface area contributed by atoms with Crippen LogP contribution in [0.2, 0.25) is 0 Å². The number of ether oxygens (including phenoxy) is 2. The molecule has 0 saturated heterocycles. The molecule has 0 amide bonds. The minimum Gasteiger partial charge on any atom is -0.489 e. The van der Waals surface area contributed by atoms with E-state index in [1.165, 1.54) is 11.6 Å². The molecular weight excluding hydrogens is 276 g/mol. The van der Waals surface area contributed by atoms with Crippen LogP contribution in [0, 0.1) is 0 Å². The fourth-order valence-electron chi connectivity index (χ4n) is 1.85. The number of hydrogen-bond acceptors (Lipinski definition) is 3. The van der Waals surface area contributed by atoms with Crippen molar-refractivity contribution in [3.8, 4) is 5.75 Å². The second-order valence-corrected chi connectivity index (χ2v) is 5.16. The predicted molar refractivity (Wildman–Crippen MR) is 87.5 cm³/mol. The van der Waals surface area contributed by atoms with Gasteiger partial charge in [-0.1, -0.05) is 42.5 Å². The molecule has 2 aromatic rings. The molecule has 0 aromatic heterocycles. The Bertz CT molecular complexity index is 590. The Balaban J connectivity index is 0.000000183. The van der Waals surface area contributed by atoms with Crippen LogP contribution in [0.25, 0.3) is 6.08 Å². The van der Waals surface area contributed by atoms with Crippen LogP contribution in [0.5, 0.6) is 5.75 Å². The van der Waals surface area contributed by atoms with Gasteiger partial charge in [-0.3, -0.25) is 0 Å². The molecule has 114 valence electrons. The maximum absolute atomic E-state index is 11.1. The van der Waals surface area contributed by atoms with Crippen LogP contribution in [0.4, 0.5) is 0 Å². The van der Waals surface area contributed by atoms with Crippen molar-refractivity contribution in [3.63, 3.8) is 0 Å². The van der Waals surface area contributed by atoms with Crippen LogP contribution < -0.4 is 4.74 Å². The van der Waals surface area contributed by atoms with Crippen molar-refractivity contribution in [1.82, 2.24) is 0 Å². The molecule has 2 aromatic carbocycles. The van der Waals surface area contributed by atoms with Gasteiger partial charge in [0.15, 0.2) is 0 Å². The van der Waals surface area contributed by atoms with Gasteiger partial charge >= 0.3 is 5.97 Å². The highest BCUT2D eigenvalue weighted by Crippen LogP contribution is 2.19. The Morgan fingerprint density at radius 1 is 1.09 bits per heavy atom. The largest absolute Gasteiger partial charge is 0.489 e. The van der Waals surface area contributed by atoms with Gasteiger partial charge in [-0.15, -0.1) is 0 Å². The molecule has 3 heteroatoms. The van der Waals surface area contributed by atoms with E-state index in [4.69, 9.17) is 9.47 Å². The predicted octanol–water partition coefficient (Wildman–Crippen LogP) is 4.23. The van der Waals surface area contributed by atoms with Gasteiger partial charge in [0, 0.05) is 6.08 Å². The van der Waals surface area contributed by atoms with Gasteiger partial charge in [0.2, 0.25) is 0 Å². The second-order valence-electron chi connectivity index (χ2n) is 5.16. The van der Waals surface area contributed by atoms with Gasteiger partial charge in [0.25, 0.3) is 0 Å². The van der Waals surface area contributed by atoms with E-state index in [2.05, 4.69) is 12.1 Å². The van der Waals surface area contributed by atoms with Gasteiger partial charge in [0.1, 0.15) is 12.4 Å². The maximum atomic E-state index is 11.1. The van der Waals surface area contributed by atoms with E-state index in [9.17, 15) is 4.79 Å². The Labute approximate surface area is 131 Å². The van der Waals surface area contributed by atoms with Crippen molar-refractivity contribution >= 4 is 12.0 Å². The first-order valence-electron chi connectivity index (χ1n) is 7.29. The fraction of sp³-hybridized carbons (Fsp3) is 0.211. The van der Waals surface area contributed by atoms with Crippen molar-refractivity contribution in [1.29, 1.82) is 0 Å². The van der Waals surface area contributed by atoms with Crippen LogP contribution in [0.15, 0.2) is 60.7 Å². The topological polar surface area (TPSA) is 35.5 Å². The van der Waals surface area contributed by atoms with Gasteiger partial charge < -0.3 is 9.47 Å². The lowest BCUT2D eigenvalue weighted by Gasteiger charge is -2.11. The molecule has 0 aliphatic carbocycles. The summed E-state index contributed by atoms with van der Waals surface area (Å²) in [7, 11) is 0. The molecule has 0 radical (unpaired) electrons. The first kappa shape index (κ1) is 15.8. The third-order valence-corrected chi connectivity index (χ3v) is 2.89. The quantitative estimate of drug-likeness (QED) is 0.628. The molecule has 2 aliphatic rings. The molecule has 22 heavy (non-hydrogen) atoms. The van der Waals surface area contributed by atoms with E-state index in [0.29, 0.717) is 0 Å². The average Bonchev–Trinajstić information content (AvgIpc) is 2.56. The fourth-order valence-corrected chi connectivity index (χ4v) is 1.85. The summed E-state index contributed by atoms with van der Waals surface area (Å²) in [5.41, 5.74) is 2.26. The highest BCUT2D eigenvalue weighted by molar-refractivity contribution is 5.87. The lowest BCUT2D eigenvalue weighted by molar-refractivity contribution is -0.141. The van der Waals surface area contributed by atoms with Gasteiger partial charge in [-0.2, -0.15) is 0 Å². The highest BCUT2D eigenvalue weighted by Gasteiger charge is 2.01. The molecule has 0 atom stereocenters. The van der Waals surface area contributed by atoms with Gasteiger partial charge in [0.05, 0.1) is 6.10 Å². The first-order valence-corrected chi connectivity index (χ1v) is 7.29. The lowest BCUT2D eigenvalue weighted by atomic mass is 10.2. The summed E-state index contributed by atoms with van der Waals surface area (Å²) in [5, 5.41) is 0. The minimum absolute atomic E-state index is 0.0667. The van der Waals surface area contributed by atoms with Gasteiger partial charge in [-0.25, -0.2) is 4.79 Å². The number of benzene rings is 2. The van der Waals surface area contributed by atoms with E-state index < -0.39 is 0 Å². The summed E-state index contributed by atoms with van der Waals surface area (Å²) in [4.78, 5) is 11.1. The van der Waals surface area contributed by atoms with Crippen LogP contribution in [-0.2, 0) is 16.1 Å². The number of fused-ring (bicyclic) bond motifs is 3.